The van der Waals surface area contributed by atoms with Gasteiger partial charge in [0, 0.05) is 0 Å². The molecule has 0 aromatic carbocycles. The Labute approximate surface area is 197 Å². The molecule has 0 bridgehead atoms. The van der Waals surface area contributed by atoms with Crippen molar-refractivity contribution in [3.05, 3.63) is 0 Å². The normalized spacial score (nSPS) is 69.9. The Morgan fingerprint density at radius 1 is 0.455 bits per heavy atom. The molecule has 0 aliphatic carbocycles. The number of unbranched alkanes of at least 4 members (excludes halogenated alkanes) is 8. The van der Waals surface area contributed by atoms with Crippen LogP contribution in [0.5, 0.6) is 0 Å². The summed E-state index contributed by atoms with van der Waals surface area (Å²) in [6, 6.07) is 0. The van der Waals surface area contributed by atoms with Crippen LogP contribution in [0.15, 0.2) is 0 Å². The van der Waals surface area contributed by atoms with E-state index >= 15 is 0 Å². The second kappa shape index (κ2) is 3.21. The van der Waals surface area contributed by atoms with Crippen molar-refractivity contribution in [3.8, 4) is 0 Å². The molecule has 10 aliphatic rings. The zero-order valence-electron chi connectivity index (χ0n) is 22.2. The molecule has 10 aliphatic heterocycles. The van der Waals surface area contributed by atoms with Crippen molar-refractivity contribution >= 4 is 15.8 Å². The van der Waals surface area contributed by atoms with Crippen LogP contribution in [0, 0.1) is 0 Å². The molecule has 4 unspecified atom stereocenters. The first-order valence-electron chi connectivity index (χ1n) is 15.7. The molecule has 3 heteroatoms. The Bertz CT molecular complexity index is 1140. The molecule has 33 heavy (non-hydrogen) atoms. The molecule has 0 N–H and O–H groups in total. The quantitative estimate of drug-likeness (QED) is 0.0939. The Kier molecular flexibility index (Phi) is 1.98. The van der Waals surface area contributed by atoms with Crippen LogP contribution in [0.1, 0.15) is 105 Å². The van der Waals surface area contributed by atoms with Crippen molar-refractivity contribution in [1.29, 1.82) is 0 Å². The Morgan fingerprint density at radius 3 is 0.970 bits per heavy atom. The van der Waals surface area contributed by atoms with Gasteiger partial charge in [-0.2, -0.15) is 0 Å². The van der Waals surface area contributed by atoms with E-state index in [1.54, 1.807) is 115 Å². The van der Waals surface area contributed by atoms with E-state index in [0.29, 0.717) is 15.8 Å². The van der Waals surface area contributed by atoms with Crippen LogP contribution in [0.2, 0.25) is 38.5 Å². The third-order valence-corrected chi connectivity index (χ3v) is 77.9. The fourth-order valence-corrected chi connectivity index (χ4v) is 131. The molecule has 190 valence electrons. The number of rotatable bonds is 18. The molecule has 10 fully saturated rings. The topological polar surface area (TPSA) is 0 Å². The van der Waals surface area contributed by atoms with Crippen molar-refractivity contribution in [2.45, 2.75) is 151 Å². The second-order valence-corrected chi connectivity index (χ2v) is 45.8. The van der Waals surface area contributed by atoms with Gasteiger partial charge in [-0.15, -0.1) is 0 Å². The van der Waals surface area contributed by atoms with Crippen LogP contribution in [-0.4, -0.2) is 32.8 Å². The van der Waals surface area contributed by atoms with Crippen molar-refractivity contribution in [1.82, 2.24) is 0 Å². The van der Waals surface area contributed by atoms with E-state index in [1.807, 2.05) is 0 Å². The first kappa shape index (κ1) is 20.4. The van der Waals surface area contributed by atoms with E-state index in [-0.39, 0.29) is 0 Å². The molecule has 10 heterocycles. The van der Waals surface area contributed by atoms with Crippen molar-refractivity contribution in [3.63, 3.8) is 0 Å². The van der Waals surface area contributed by atoms with Gasteiger partial charge < -0.3 is 0 Å². The van der Waals surface area contributed by atoms with Gasteiger partial charge in [-0.3, -0.25) is 0 Å². The fourth-order valence-electron chi connectivity index (χ4n) is 21.2. The minimum absolute atomic E-state index is 0.397. The van der Waals surface area contributed by atoms with Crippen LogP contribution in [-0.2, 0) is 6.51 Å². The Hall–Kier alpha value is 1.38. The van der Waals surface area contributed by atoms with Crippen molar-refractivity contribution in [2.24, 2.45) is 0 Å². The molecule has 0 amide bonds. The van der Waals surface area contributed by atoms with Gasteiger partial charge in [-0.05, 0) is 0 Å². The number of hydrogen-bond acceptors (Lipinski definition) is 0. The molecular weight excluding hydrogens is 478 g/mol. The molecule has 10 saturated heterocycles. The van der Waals surface area contributed by atoms with Crippen LogP contribution >= 0.6 is 15.8 Å². The van der Waals surface area contributed by atoms with Crippen molar-refractivity contribution < 1.29 is 6.51 Å². The fraction of sp³-hybridized carbons (Fsp3) is 1.00. The van der Waals surface area contributed by atoms with Crippen LogP contribution in [0.3, 0.4) is 0 Å². The molecule has 0 aromatic heterocycles. The van der Waals surface area contributed by atoms with Gasteiger partial charge in [-0.25, -0.2) is 0 Å². The summed E-state index contributed by atoms with van der Waals surface area (Å²) in [5.41, 5.74) is 0. The zero-order chi connectivity index (χ0) is 22.4. The van der Waals surface area contributed by atoms with Gasteiger partial charge in [0.05, 0.1) is 0 Å². The molecule has 0 saturated carbocycles. The van der Waals surface area contributed by atoms with Crippen LogP contribution in [0.25, 0.3) is 0 Å². The van der Waals surface area contributed by atoms with Crippen molar-refractivity contribution in [2.75, 3.05) is 24.6 Å². The average Bonchev–Trinajstić information content (AvgIpc) is 3.76. The predicted octanol–water partition coefficient (Wildman–Crippen LogP) is 10.9. The monoisotopic (exact) mass is 530 g/mol. The zero-order valence-corrected chi connectivity index (χ0v) is 25.1. The summed E-state index contributed by atoms with van der Waals surface area (Å²) < 4.78 is 2.43. The summed E-state index contributed by atoms with van der Waals surface area (Å²) in [6.45, 7) is 6.56. The third-order valence-electron chi connectivity index (χ3n) is 19.7. The van der Waals surface area contributed by atoms with E-state index in [1.165, 1.54) is 33.8 Å². The molecule has 10 rings (SSSR count). The molecular formula is C30H52FeP2. The molecule has 1 spiro atoms. The summed E-state index contributed by atoms with van der Waals surface area (Å²) in [5.74, 6) is 0. The molecule has 4 atom stereocenters. The van der Waals surface area contributed by atoms with E-state index in [9.17, 15) is 0 Å². The molecule has 0 aromatic rings. The van der Waals surface area contributed by atoms with Gasteiger partial charge in [0.1, 0.15) is 0 Å². The minimum atomic E-state index is -3.24. The van der Waals surface area contributed by atoms with Crippen LogP contribution in [0.4, 0.5) is 0 Å². The van der Waals surface area contributed by atoms with Gasteiger partial charge in [0.15, 0.2) is 0 Å². The summed E-state index contributed by atoms with van der Waals surface area (Å²) in [4.78, 5) is 12.3. The summed E-state index contributed by atoms with van der Waals surface area (Å²) >= 11 is 0. The standard InChI is InChI=1S/C25H47P2.C5H5.Fe/c1-5-9-13-20-26(21-14-10-6-2)24-18-17-19-25(24)27(22-15-11-7-3)23-16-12-8-4;1-2-4-5-3-1;/h17-19H,5-16,20-23H2,1-4H3;1-5H;. The first-order valence-corrected chi connectivity index (χ1v) is 25.3. The van der Waals surface area contributed by atoms with E-state index in [2.05, 4.69) is 27.7 Å². The van der Waals surface area contributed by atoms with E-state index in [0.717, 1.165) is 0 Å². The Morgan fingerprint density at radius 2 is 0.758 bits per heavy atom. The van der Waals surface area contributed by atoms with Gasteiger partial charge in [0.25, 0.3) is 0 Å². The van der Waals surface area contributed by atoms with Gasteiger partial charge in [-0.1, -0.05) is 0 Å². The number of fused-ring (bicyclic) bond motifs is 10. The van der Waals surface area contributed by atoms with Crippen LogP contribution < -0.4 is 0 Å². The first-order chi connectivity index (χ1) is 16.0. The van der Waals surface area contributed by atoms with E-state index in [4.69, 9.17) is 0 Å². The third kappa shape index (κ3) is 0.485. The SMILES string of the molecule is CCCCCP(CCCCC)[C]12[CH]3[CH]4[CH]5[C]1(P(CCCCC)CCCCC)[Fe]43521678[CH]2[CH]1[CH]6[CH]7[CH]28. The molecule has 0 nitrogen and oxygen atoms in total. The summed E-state index contributed by atoms with van der Waals surface area (Å²) in [7, 11) is 0.793. The number of hydrogen-bond donors (Lipinski definition) is 0. The summed E-state index contributed by atoms with van der Waals surface area (Å²) in [6.07, 6.45) is 25.5. The Balaban J connectivity index is 1.10. The van der Waals surface area contributed by atoms with E-state index < -0.39 is 6.51 Å². The van der Waals surface area contributed by atoms with Gasteiger partial charge >= 0.3 is 198 Å². The maximum atomic E-state index is 2.45. The van der Waals surface area contributed by atoms with Gasteiger partial charge in [0.2, 0.25) is 0 Å². The molecule has 0 radical (unpaired) electrons. The average molecular weight is 531 g/mol. The summed E-state index contributed by atoms with van der Waals surface area (Å²) in [5, 5.41) is 0. The second-order valence-electron chi connectivity index (χ2n) is 16.5. The predicted molar refractivity (Wildman–Crippen MR) is 147 cm³/mol. The maximum absolute atomic E-state index is 3.24.